The summed E-state index contributed by atoms with van der Waals surface area (Å²) in [5.74, 6) is -0.569. The molecule has 0 atom stereocenters. The van der Waals surface area contributed by atoms with Crippen molar-refractivity contribution >= 4 is 40.1 Å². The van der Waals surface area contributed by atoms with Crippen molar-refractivity contribution in [1.82, 2.24) is 19.9 Å². The Morgan fingerprint density at radius 2 is 2.04 bits per heavy atom. The smallest absolute Gasteiger partial charge is 0.254 e. The van der Waals surface area contributed by atoms with Gasteiger partial charge in [0, 0.05) is 29.9 Å². The number of rotatable bonds is 5. The molecule has 0 aliphatic rings. The Labute approximate surface area is 155 Å². The van der Waals surface area contributed by atoms with Crippen LogP contribution < -0.4 is 5.32 Å². The number of anilines is 1. The second-order valence-electron chi connectivity index (χ2n) is 5.83. The van der Waals surface area contributed by atoms with E-state index in [9.17, 15) is 9.59 Å². The maximum atomic E-state index is 12.6. The Kier molecular flexibility index (Phi) is 5.18. The van der Waals surface area contributed by atoms with Crippen LogP contribution >= 0.6 is 11.6 Å². The number of nitrogens with one attached hydrogen (secondary N) is 1. The van der Waals surface area contributed by atoms with Crippen LogP contribution in [0, 0.1) is 0 Å². The molecule has 1 aromatic heterocycles. The van der Waals surface area contributed by atoms with Crippen LogP contribution in [0.15, 0.2) is 42.5 Å². The minimum atomic E-state index is -0.305. The summed E-state index contributed by atoms with van der Waals surface area (Å²) in [7, 11) is 1.58. The summed E-state index contributed by atoms with van der Waals surface area (Å²) in [5.41, 5.74) is 2.56. The first-order valence-electron chi connectivity index (χ1n) is 8.12. The number of carbonyl (C=O) groups excluding carboxylic acids is 2. The molecule has 26 heavy (non-hydrogen) atoms. The van der Waals surface area contributed by atoms with Crippen LogP contribution in [0.25, 0.3) is 11.0 Å². The van der Waals surface area contributed by atoms with E-state index in [0.717, 1.165) is 5.52 Å². The minimum absolute atomic E-state index is 0.0783. The number of nitrogens with zero attached hydrogens (tertiary/aromatic N) is 4. The maximum absolute atomic E-state index is 12.6. The molecule has 0 saturated heterocycles. The number of amides is 2. The van der Waals surface area contributed by atoms with Crippen LogP contribution in [-0.4, -0.2) is 45.3 Å². The summed E-state index contributed by atoms with van der Waals surface area (Å²) >= 11 is 5.90. The van der Waals surface area contributed by atoms with E-state index in [1.807, 2.05) is 13.0 Å². The molecular formula is C18H18ClN5O2. The minimum Gasteiger partial charge on any atom is -0.332 e. The third-order valence-electron chi connectivity index (χ3n) is 3.90. The van der Waals surface area contributed by atoms with Gasteiger partial charge in [0.05, 0.1) is 12.1 Å². The molecule has 8 heteroatoms. The number of halogens is 1. The first kappa shape index (κ1) is 17.9. The summed E-state index contributed by atoms with van der Waals surface area (Å²) in [6.07, 6.45) is 0. The van der Waals surface area contributed by atoms with Gasteiger partial charge in [0.25, 0.3) is 5.91 Å². The Morgan fingerprint density at radius 1 is 1.23 bits per heavy atom. The molecule has 0 saturated carbocycles. The highest BCUT2D eigenvalue weighted by Crippen LogP contribution is 2.16. The lowest BCUT2D eigenvalue weighted by molar-refractivity contribution is -0.116. The molecule has 134 valence electrons. The van der Waals surface area contributed by atoms with E-state index < -0.39 is 0 Å². The van der Waals surface area contributed by atoms with Crippen molar-refractivity contribution in [1.29, 1.82) is 0 Å². The van der Waals surface area contributed by atoms with Crippen molar-refractivity contribution in [3.05, 3.63) is 53.1 Å². The number of likely N-dealkylation sites (N-methyl/N-ethyl adjacent to an activating group) is 1. The number of fused-ring (bicyclic) bond motifs is 1. The van der Waals surface area contributed by atoms with Gasteiger partial charge in [-0.15, -0.1) is 5.10 Å². The molecule has 0 aliphatic carbocycles. The third-order valence-corrected chi connectivity index (χ3v) is 4.13. The molecule has 2 aromatic carbocycles. The Hall–Kier alpha value is -2.93. The average molecular weight is 372 g/mol. The Bertz CT molecular complexity index is 969. The van der Waals surface area contributed by atoms with Crippen molar-refractivity contribution in [3.8, 4) is 0 Å². The Balaban J connectivity index is 1.68. The molecule has 0 unspecified atom stereocenters. The summed E-state index contributed by atoms with van der Waals surface area (Å²) < 4.78 is 1.76. The first-order chi connectivity index (χ1) is 12.5. The van der Waals surface area contributed by atoms with Crippen molar-refractivity contribution < 1.29 is 9.59 Å². The van der Waals surface area contributed by atoms with Crippen LogP contribution in [0.4, 0.5) is 5.69 Å². The van der Waals surface area contributed by atoms with E-state index in [2.05, 4.69) is 15.6 Å². The zero-order valence-corrected chi connectivity index (χ0v) is 15.2. The largest absolute Gasteiger partial charge is 0.332 e. The summed E-state index contributed by atoms with van der Waals surface area (Å²) in [5, 5.41) is 11.3. The molecule has 7 nitrogen and oxygen atoms in total. The predicted molar refractivity (Wildman–Crippen MR) is 100 cm³/mol. The molecule has 0 fully saturated rings. The molecule has 0 aliphatic heterocycles. The summed E-state index contributed by atoms with van der Waals surface area (Å²) in [4.78, 5) is 26.1. The highest BCUT2D eigenvalue weighted by Gasteiger charge is 2.16. The van der Waals surface area contributed by atoms with Gasteiger partial charge in [-0.05, 0) is 43.3 Å². The van der Waals surface area contributed by atoms with Gasteiger partial charge in [0.1, 0.15) is 5.52 Å². The predicted octanol–water partition coefficient (Wildman–Crippen LogP) is 2.82. The van der Waals surface area contributed by atoms with Crippen molar-refractivity contribution in [3.63, 3.8) is 0 Å². The third kappa shape index (κ3) is 3.83. The number of hydrogen-bond donors (Lipinski definition) is 1. The van der Waals surface area contributed by atoms with E-state index in [1.54, 1.807) is 48.1 Å². The second-order valence-corrected chi connectivity index (χ2v) is 6.26. The average Bonchev–Trinajstić information content (AvgIpc) is 3.03. The van der Waals surface area contributed by atoms with E-state index in [-0.39, 0.29) is 18.4 Å². The molecule has 0 spiro atoms. The van der Waals surface area contributed by atoms with Crippen molar-refractivity contribution in [2.75, 3.05) is 18.9 Å². The second kappa shape index (κ2) is 7.53. The normalized spacial score (nSPS) is 10.7. The number of hydrogen-bond acceptors (Lipinski definition) is 4. The lowest BCUT2D eigenvalue weighted by Gasteiger charge is -2.17. The van der Waals surface area contributed by atoms with Gasteiger partial charge in [0.15, 0.2) is 0 Å². The fourth-order valence-corrected chi connectivity index (χ4v) is 2.80. The van der Waals surface area contributed by atoms with E-state index in [0.29, 0.717) is 28.3 Å². The van der Waals surface area contributed by atoms with Crippen LogP contribution in [0.3, 0.4) is 0 Å². The van der Waals surface area contributed by atoms with Crippen LogP contribution in [-0.2, 0) is 11.3 Å². The van der Waals surface area contributed by atoms with Crippen LogP contribution in [0.1, 0.15) is 17.3 Å². The summed E-state index contributed by atoms with van der Waals surface area (Å²) in [6, 6.07) is 12.0. The van der Waals surface area contributed by atoms with E-state index in [1.165, 1.54) is 4.90 Å². The van der Waals surface area contributed by atoms with Gasteiger partial charge >= 0.3 is 0 Å². The molecule has 0 bridgehead atoms. The van der Waals surface area contributed by atoms with Crippen LogP contribution in [0.5, 0.6) is 0 Å². The molecule has 0 radical (unpaired) electrons. The molecular weight excluding hydrogens is 354 g/mol. The van der Waals surface area contributed by atoms with Gasteiger partial charge in [0.2, 0.25) is 5.91 Å². The fraction of sp³-hybridized carbons (Fsp3) is 0.222. The highest BCUT2D eigenvalue weighted by molar-refractivity contribution is 6.30. The van der Waals surface area contributed by atoms with Gasteiger partial charge in [-0.25, -0.2) is 4.68 Å². The van der Waals surface area contributed by atoms with Crippen molar-refractivity contribution in [2.24, 2.45) is 0 Å². The zero-order chi connectivity index (χ0) is 18.7. The fourth-order valence-electron chi connectivity index (χ4n) is 2.61. The lowest BCUT2D eigenvalue weighted by Crippen LogP contribution is -2.34. The number of aryl methyl sites for hydroxylation is 1. The molecule has 1 N–H and O–H groups in total. The summed E-state index contributed by atoms with van der Waals surface area (Å²) in [6.45, 7) is 2.60. The highest BCUT2D eigenvalue weighted by atomic mass is 35.5. The van der Waals surface area contributed by atoms with Gasteiger partial charge in [-0.1, -0.05) is 22.9 Å². The Morgan fingerprint density at radius 3 is 2.77 bits per heavy atom. The number of benzene rings is 2. The standard InChI is InChI=1S/C18H18ClN5O2/c1-3-24-16-8-7-12(9-15(16)21-22-24)18(26)23(2)11-17(25)20-14-6-4-5-13(19)10-14/h4-10H,3,11H2,1-2H3,(H,20,25). The van der Waals surface area contributed by atoms with Crippen LogP contribution in [0.2, 0.25) is 5.02 Å². The number of aromatic nitrogens is 3. The molecule has 3 rings (SSSR count). The zero-order valence-electron chi connectivity index (χ0n) is 14.4. The molecule has 1 heterocycles. The topological polar surface area (TPSA) is 80.1 Å². The first-order valence-corrected chi connectivity index (χ1v) is 8.50. The van der Waals surface area contributed by atoms with Gasteiger partial charge < -0.3 is 10.2 Å². The van der Waals surface area contributed by atoms with E-state index >= 15 is 0 Å². The quantitative estimate of drug-likeness (QED) is 0.747. The van der Waals surface area contributed by atoms with Gasteiger partial charge in [-0.3, -0.25) is 9.59 Å². The monoisotopic (exact) mass is 371 g/mol. The van der Waals surface area contributed by atoms with Gasteiger partial charge in [-0.2, -0.15) is 0 Å². The van der Waals surface area contributed by atoms with E-state index in [4.69, 9.17) is 11.6 Å². The SMILES string of the molecule is CCn1nnc2cc(C(=O)N(C)CC(=O)Nc3cccc(Cl)c3)ccc21. The maximum Gasteiger partial charge on any atom is 0.254 e. The number of carbonyl (C=O) groups is 2. The van der Waals surface area contributed by atoms with Crippen molar-refractivity contribution in [2.45, 2.75) is 13.5 Å². The molecule has 3 aromatic rings. The lowest BCUT2D eigenvalue weighted by atomic mass is 10.1. The molecule has 2 amide bonds.